The van der Waals surface area contributed by atoms with E-state index in [0.29, 0.717) is 19.6 Å². The molecule has 1 atom stereocenters. The Hall–Kier alpha value is -2.63. The normalized spacial score (nSPS) is 17.7. The SMILES string of the molecule is C=CC(=O)N1CCC[C@@H](C(=O)NCc2ccc3cn(C)nc3c2)C1. The molecule has 0 bridgehead atoms. The highest BCUT2D eigenvalue weighted by Crippen LogP contribution is 2.18. The minimum atomic E-state index is -0.152. The lowest BCUT2D eigenvalue weighted by Gasteiger charge is -2.31. The third-order valence-corrected chi connectivity index (χ3v) is 4.43. The van der Waals surface area contributed by atoms with E-state index in [4.69, 9.17) is 0 Å². The largest absolute Gasteiger partial charge is 0.352 e. The number of nitrogens with one attached hydrogen (secondary N) is 1. The molecule has 1 fully saturated rings. The van der Waals surface area contributed by atoms with E-state index >= 15 is 0 Å². The number of aromatic nitrogens is 2. The zero-order valence-electron chi connectivity index (χ0n) is 13.9. The van der Waals surface area contributed by atoms with Crippen molar-refractivity contribution in [2.75, 3.05) is 13.1 Å². The molecule has 3 rings (SSSR count). The van der Waals surface area contributed by atoms with Gasteiger partial charge in [-0.1, -0.05) is 18.7 Å². The molecule has 1 saturated heterocycles. The first-order valence-corrected chi connectivity index (χ1v) is 8.18. The van der Waals surface area contributed by atoms with Crippen molar-refractivity contribution in [1.29, 1.82) is 0 Å². The lowest BCUT2D eigenvalue weighted by atomic mass is 9.97. The molecule has 1 N–H and O–H groups in total. The van der Waals surface area contributed by atoms with Crippen LogP contribution in [-0.2, 0) is 23.2 Å². The Bertz CT molecular complexity index is 780. The maximum absolute atomic E-state index is 12.4. The fourth-order valence-electron chi connectivity index (χ4n) is 3.15. The van der Waals surface area contributed by atoms with Crippen LogP contribution < -0.4 is 5.32 Å². The number of rotatable bonds is 4. The highest BCUT2D eigenvalue weighted by atomic mass is 16.2. The smallest absolute Gasteiger partial charge is 0.245 e. The van der Waals surface area contributed by atoms with Gasteiger partial charge in [0.1, 0.15) is 0 Å². The highest BCUT2D eigenvalue weighted by Gasteiger charge is 2.27. The maximum atomic E-state index is 12.4. The van der Waals surface area contributed by atoms with Crippen molar-refractivity contribution in [3.63, 3.8) is 0 Å². The highest BCUT2D eigenvalue weighted by molar-refractivity contribution is 5.88. The summed E-state index contributed by atoms with van der Waals surface area (Å²) in [7, 11) is 1.89. The number of hydrogen-bond donors (Lipinski definition) is 1. The van der Waals surface area contributed by atoms with Gasteiger partial charge in [0.05, 0.1) is 11.4 Å². The van der Waals surface area contributed by atoms with Crippen LogP contribution in [0.3, 0.4) is 0 Å². The van der Waals surface area contributed by atoms with E-state index in [2.05, 4.69) is 17.0 Å². The number of piperidine rings is 1. The summed E-state index contributed by atoms with van der Waals surface area (Å²) in [6.07, 6.45) is 4.93. The average molecular weight is 326 g/mol. The Balaban J connectivity index is 1.59. The number of carbonyl (C=O) groups excluding carboxylic acids is 2. The van der Waals surface area contributed by atoms with E-state index in [-0.39, 0.29) is 17.7 Å². The third-order valence-electron chi connectivity index (χ3n) is 4.43. The van der Waals surface area contributed by atoms with Gasteiger partial charge in [0.2, 0.25) is 11.8 Å². The van der Waals surface area contributed by atoms with Gasteiger partial charge in [0, 0.05) is 38.3 Å². The number of hydrogen-bond acceptors (Lipinski definition) is 3. The first-order chi connectivity index (χ1) is 11.6. The molecule has 1 aromatic heterocycles. The van der Waals surface area contributed by atoms with Crippen molar-refractivity contribution >= 4 is 22.7 Å². The molecule has 1 aliphatic rings. The van der Waals surface area contributed by atoms with Crippen molar-refractivity contribution in [3.8, 4) is 0 Å². The average Bonchev–Trinajstić information content (AvgIpc) is 2.98. The number of likely N-dealkylation sites (tertiary alicyclic amines) is 1. The van der Waals surface area contributed by atoms with E-state index in [9.17, 15) is 9.59 Å². The molecule has 0 unspecified atom stereocenters. The van der Waals surface area contributed by atoms with Crippen molar-refractivity contribution in [3.05, 3.63) is 42.6 Å². The van der Waals surface area contributed by atoms with Crippen molar-refractivity contribution in [1.82, 2.24) is 20.0 Å². The van der Waals surface area contributed by atoms with E-state index < -0.39 is 0 Å². The van der Waals surface area contributed by atoms with Gasteiger partial charge in [-0.2, -0.15) is 5.10 Å². The first kappa shape index (κ1) is 16.2. The Morgan fingerprint density at radius 1 is 1.46 bits per heavy atom. The van der Waals surface area contributed by atoms with Gasteiger partial charge >= 0.3 is 0 Å². The number of amides is 2. The second-order valence-electron chi connectivity index (χ2n) is 6.24. The molecule has 24 heavy (non-hydrogen) atoms. The predicted octanol–water partition coefficient (Wildman–Crippen LogP) is 1.61. The molecule has 0 aliphatic carbocycles. The number of nitrogens with zero attached hydrogens (tertiary/aromatic N) is 3. The molecule has 2 amide bonds. The first-order valence-electron chi connectivity index (χ1n) is 8.18. The van der Waals surface area contributed by atoms with Crippen molar-refractivity contribution in [2.45, 2.75) is 19.4 Å². The van der Waals surface area contributed by atoms with Crippen molar-refractivity contribution in [2.24, 2.45) is 13.0 Å². The summed E-state index contributed by atoms with van der Waals surface area (Å²) in [5.41, 5.74) is 1.94. The molecule has 6 nitrogen and oxygen atoms in total. The summed E-state index contributed by atoms with van der Waals surface area (Å²) >= 11 is 0. The van der Waals surface area contributed by atoms with Crippen molar-refractivity contribution < 1.29 is 9.59 Å². The molecule has 0 saturated carbocycles. The van der Waals surface area contributed by atoms with Crippen LogP contribution in [0.15, 0.2) is 37.1 Å². The molecule has 1 aliphatic heterocycles. The molecular formula is C18H22N4O2. The van der Waals surface area contributed by atoms with E-state index in [1.807, 2.05) is 31.4 Å². The molecule has 1 aromatic carbocycles. The van der Waals surface area contributed by atoms with Crippen LogP contribution in [0.5, 0.6) is 0 Å². The van der Waals surface area contributed by atoms with Gasteiger partial charge in [-0.05, 0) is 30.5 Å². The molecule has 126 valence electrons. The summed E-state index contributed by atoms with van der Waals surface area (Å²) in [4.78, 5) is 25.8. The summed E-state index contributed by atoms with van der Waals surface area (Å²) in [5, 5.41) is 8.44. The Kier molecular flexibility index (Phi) is 4.64. The van der Waals surface area contributed by atoms with E-state index in [0.717, 1.165) is 29.3 Å². The molecule has 2 aromatic rings. The van der Waals surface area contributed by atoms with Crippen LogP contribution in [0.2, 0.25) is 0 Å². The van der Waals surface area contributed by atoms with Crippen LogP contribution in [0.4, 0.5) is 0 Å². The van der Waals surface area contributed by atoms with Crippen LogP contribution in [0.1, 0.15) is 18.4 Å². The quantitative estimate of drug-likeness (QED) is 0.868. The number of carbonyl (C=O) groups is 2. The monoisotopic (exact) mass is 326 g/mol. The Morgan fingerprint density at radius 3 is 3.08 bits per heavy atom. The number of fused-ring (bicyclic) bond motifs is 1. The fourth-order valence-corrected chi connectivity index (χ4v) is 3.15. The second-order valence-corrected chi connectivity index (χ2v) is 6.24. The van der Waals surface area contributed by atoms with E-state index in [1.165, 1.54) is 6.08 Å². The van der Waals surface area contributed by atoms with Crippen LogP contribution in [0, 0.1) is 5.92 Å². The standard InChI is InChI=1S/C18H22N4O2/c1-3-17(23)22-8-4-5-15(12-22)18(24)19-10-13-6-7-14-11-21(2)20-16(14)9-13/h3,6-7,9,11,15H,1,4-5,8,10,12H2,2H3,(H,19,24)/t15-/m1/s1. The number of aryl methyl sites for hydroxylation is 1. The Morgan fingerprint density at radius 2 is 2.29 bits per heavy atom. The molecule has 6 heteroatoms. The second kappa shape index (κ2) is 6.86. The zero-order chi connectivity index (χ0) is 17.1. The number of benzene rings is 1. The summed E-state index contributed by atoms with van der Waals surface area (Å²) in [6.45, 7) is 5.15. The zero-order valence-corrected chi connectivity index (χ0v) is 13.9. The third kappa shape index (κ3) is 3.48. The Labute approximate surface area is 141 Å². The molecule has 0 radical (unpaired) electrons. The molecular weight excluding hydrogens is 304 g/mol. The van der Waals surface area contributed by atoms with Gasteiger partial charge in [-0.3, -0.25) is 14.3 Å². The summed E-state index contributed by atoms with van der Waals surface area (Å²) in [6, 6.07) is 6.00. The van der Waals surface area contributed by atoms with Gasteiger partial charge in [0.25, 0.3) is 0 Å². The summed E-state index contributed by atoms with van der Waals surface area (Å²) in [5.74, 6) is -0.257. The van der Waals surface area contributed by atoms with Crippen LogP contribution in [-0.4, -0.2) is 39.6 Å². The maximum Gasteiger partial charge on any atom is 0.245 e. The lowest BCUT2D eigenvalue weighted by Crippen LogP contribution is -2.44. The van der Waals surface area contributed by atoms with Crippen LogP contribution in [0.25, 0.3) is 10.9 Å². The predicted molar refractivity (Wildman–Crippen MR) is 92.1 cm³/mol. The molecule has 2 heterocycles. The lowest BCUT2D eigenvalue weighted by molar-refractivity contribution is -0.132. The minimum Gasteiger partial charge on any atom is -0.352 e. The fraction of sp³-hybridized carbons (Fsp3) is 0.389. The van der Waals surface area contributed by atoms with Gasteiger partial charge in [-0.25, -0.2) is 0 Å². The van der Waals surface area contributed by atoms with E-state index in [1.54, 1.807) is 9.58 Å². The van der Waals surface area contributed by atoms with Gasteiger partial charge in [-0.15, -0.1) is 0 Å². The minimum absolute atomic E-state index is 0.00215. The van der Waals surface area contributed by atoms with Crippen LogP contribution >= 0.6 is 0 Å². The van der Waals surface area contributed by atoms with Gasteiger partial charge in [0.15, 0.2) is 0 Å². The summed E-state index contributed by atoms with van der Waals surface area (Å²) < 4.78 is 1.78. The molecule has 0 spiro atoms. The topological polar surface area (TPSA) is 67.2 Å². The van der Waals surface area contributed by atoms with Gasteiger partial charge < -0.3 is 10.2 Å².